The first-order chi connectivity index (χ1) is 11.2. The van der Waals surface area contributed by atoms with Crippen LogP contribution in [0.4, 0.5) is 0 Å². The molecule has 0 radical (unpaired) electrons. The minimum atomic E-state index is -0.455. The Labute approximate surface area is 144 Å². The zero-order chi connectivity index (χ0) is 15.9. The monoisotopic (exact) mass is 368 g/mol. The molecule has 0 amide bonds. The second-order valence-corrected chi connectivity index (χ2v) is 7.50. The van der Waals surface area contributed by atoms with Gasteiger partial charge in [-0.3, -0.25) is 0 Å². The first-order valence-corrected chi connectivity index (χ1v) is 8.93. The number of benzene rings is 1. The van der Waals surface area contributed by atoms with Crippen LogP contribution in [-0.2, 0) is 17.6 Å². The fourth-order valence-electron chi connectivity index (χ4n) is 3.85. The Kier molecular flexibility index (Phi) is 3.61. The Bertz CT molecular complexity index is 758. The molecule has 3 nitrogen and oxygen atoms in total. The Morgan fingerprint density at radius 2 is 1.91 bits per heavy atom. The van der Waals surface area contributed by atoms with Crippen LogP contribution >= 0.6 is 15.9 Å². The van der Waals surface area contributed by atoms with E-state index in [2.05, 4.69) is 57.3 Å². The smallest absolute Gasteiger partial charge is 0.206 e. The van der Waals surface area contributed by atoms with E-state index >= 15 is 0 Å². The molecule has 4 heteroatoms. The van der Waals surface area contributed by atoms with Crippen molar-refractivity contribution < 1.29 is 4.74 Å². The number of rotatable bonds is 0. The van der Waals surface area contributed by atoms with Crippen LogP contribution in [0.15, 0.2) is 52.7 Å². The lowest BCUT2D eigenvalue weighted by Gasteiger charge is -2.26. The minimum absolute atomic E-state index is 0.284. The highest BCUT2D eigenvalue weighted by Crippen LogP contribution is 2.45. The Morgan fingerprint density at radius 1 is 1.22 bits per heavy atom. The maximum atomic E-state index is 9.19. The van der Waals surface area contributed by atoms with E-state index < -0.39 is 5.60 Å². The van der Waals surface area contributed by atoms with Gasteiger partial charge < -0.3 is 4.74 Å². The van der Waals surface area contributed by atoms with E-state index in [1.54, 1.807) is 0 Å². The van der Waals surface area contributed by atoms with Gasteiger partial charge in [0.1, 0.15) is 11.5 Å². The maximum Gasteiger partial charge on any atom is 0.206 e. The van der Waals surface area contributed by atoms with Gasteiger partial charge in [-0.05, 0) is 49.3 Å². The van der Waals surface area contributed by atoms with E-state index in [1.807, 2.05) is 6.19 Å². The van der Waals surface area contributed by atoms with Crippen LogP contribution in [0.25, 0.3) is 0 Å². The predicted octanol–water partition coefficient (Wildman–Crippen LogP) is 4.23. The molecule has 4 rings (SSSR count). The summed E-state index contributed by atoms with van der Waals surface area (Å²) < 4.78 is 6.41. The third-order valence-electron chi connectivity index (χ3n) is 5.01. The number of nitriles is 1. The predicted molar refractivity (Wildman–Crippen MR) is 93.4 cm³/mol. The number of aliphatic imine (C=N–C) groups is 1. The van der Waals surface area contributed by atoms with Crippen molar-refractivity contribution in [3.8, 4) is 6.19 Å². The minimum Gasteiger partial charge on any atom is -0.481 e. The number of halogens is 1. The van der Waals surface area contributed by atoms with Crippen LogP contribution < -0.4 is 0 Å². The molecule has 3 aliphatic rings. The average Bonchev–Trinajstić information content (AvgIpc) is 2.73. The summed E-state index contributed by atoms with van der Waals surface area (Å²) in [6.07, 6.45) is 10.8. The number of fused-ring (bicyclic) bond motifs is 2. The van der Waals surface area contributed by atoms with Crippen molar-refractivity contribution in [3.63, 3.8) is 0 Å². The second-order valence-electron chi connectivity index (χ2n) is 6.33. The number of allylic oxidation sites excluding steroid dienone is 3. The first kappa shape index (κ1) is 14.7. The molecule has 1 aromatic carbocycles. The van der Waals surface area contributed by atoms with E-state index in [4.69, 9.17) is 4.74 Å². The summed E-state index contributed by atoms with van der Waals surface area (Å²) in [6, 6.07) is 8.59. The van der Waals surface area contributed by atoms with Crippen molar-refractivity contribution in [2.45, 2.75) is 42.5 Å². The summed E-state index contributed by atoms with van der Waals surface area (Å²) in [5.74, 6) is 0.903. The summed E-state index contributed by atoms with van der Waals surface area (Å²) in [5.41, 5.74) is 4.15. The molecule has 0 aromatic heterocycles. The number of alkyl halides is 1. The summed E-state index contributed by atoms with van der Waals surface area (Å²) in [4.78, 5) is 4.48. The molecule has 1 atom stereocenters. The zero-order valence-corrected chi connectivity index (χ0v) is 14.3. The molecule has 23 heavy (non-hydrogen) atoms. The van der Waals surface area contributed by atoms with Crippen molar-refractivity contribution in [2.24, 2.45) is 4.99 Å². The van der Waals surface area contributed by atoms with Crippen molar-refractivity contribution in [1.82, 2.24) is 0 Å². The highest BCUT2D eigenvalue weighted by atomic mass is 79.9. The van der Waals surface area contributed by atoms with Crippen LogP contribution in [0.2, 0.25) is 0 Å². The SMILES string of the molecule is N#C/N=C1/C2=CC(Br)CC=C2OC12CCc1ccccc1CC2. The molecule has 1 saturated heterocycles. The van der Waals surface area contributed by atoms with E-state index in [1.165, 1.54) is 11.1 Å². The highest BCUT2D eigenvalue weighted by molar-refractivity contribution is 9.09. The van der Waals surface area contributed by atoms with Gasteiger partial charge in [0.2, 0.25) is 6.19 Å². The van der Waals surface area contributed by atoms with E-state index in [0.29, 0.717) is 0 Å². The van der Waals surface area contributed by atoms with Gasteiger partial charge in [0, 0.05) is 10.4 Å². The van der Waals surface area contributed by atoms with E-state index in [9.17, 15) is 5.26 Å². The first-order valence-electron chi connectivity index (χ1n) is 8.02. The van der Waals surface area contributed by atoms with Gasteiger partial charge in [-0.2, -0.15) is 10.3 Å². The highest BCUT2D eigenvalue weighted by Gasteiger charge is 2.48. The molecule has 1 fully saturated rings. The molecular formula is C19H17BrN2O. The van der Waals surface area contributed by atoms with Crippen molar-refractivity contribution in [1.29, 1.82) is 5.26 Å². The summed E-state index contributed by atoms with van der Waals surface area (Å²) in [6.45, 7) is 0. The van der Waals surface area contributed by atoms with Gasteiger partial charge in [0.05, 0.1) is 0 Å². The topological polar surface area (TPSA) is 45.4 Å². The fraction of sp³-hybridized carbons (Fsp3) is 0.368. The van der Waals surface area contributed by atoms with Crippen LogP contribution in [0.1, 0.15) is 30.4 Å². The normalized spacial score (nSPS) is 26.4. The molecule has 1 aliphatic heterocycles. The molecule has 0 N–H and O–H groups in total. The standard InChI is InChI=1S/C19H17BrN2O/c20-15-5-6-17-16(11-15)18(22-12-21)19(23-17)9-7-13-3-1-2-4-14(13)8-10-19/h1-4,6,11,15H,5,7-10H2/b22-18-. The Hall–Kier alpha value is -1.86. The zero-order valence-electron chi connectivity index (χ0n) is 12.8. The number of hydrogen-bond acceptors (Lipinski definition) is 3. The summed E-state index contributed by atoms with van der Waals surface area (Å²) in [5, 5.41) is 9.19. The lowest BCUT2D eigenvalue weighted by atomic mass is 9.85. The van der Waals surface area contributed by atoms with Crippen LogP contribution in [0.3, 0.4) is 0 Å². The van der Waals surface area contributed by atoms with Gasteiger partial charge in [-0.1, -0.05) is 46.3 Å². The van der Waals surface area contributed by atoms with Crippen LogP contribution in [0.5, 0.6) is 0 Å². The number of nitrogens with zero attached hydrogens (tertiary/aromatic N) is 2. The molecule has 0 saturated carbocycles. The molecule has 1 aromatic rings. The fourth-order valence-corrected chi connectivity index (χ4v) is 4.30. The molecule has 1 unspecified atom stereocenters. The molecule has 1 heterocycles. The van der Waals surface area contributed by atoms with Crippen molar-refractivity contribution in [2.75, 3.05) is 0 Å². The van der Waals surface area contributed by atoms with E-state index in [-0.39, 0.29) is 4.83 Å². The average molecular weight is 369 g/mol. The second kappa shape index (κ2) is 5.65. The van der Waals surface area contributed by atoms with Gasteiger partial charge in [0.15, 0.2) is 5.60 Å². The number of ether oxygens (including phenoxy) is 1. The lowest BCUT2D eigenvalue weighted by Crippen LogP contribution is -2.36. The van der Waals surface area contributed by atoms with Crippen LogP contribution in [0, 0.1) is 11.5 Å². The van der Waals surface area contributed by atoms with Gasteiger partial charge in [0.25, 0.3) is 0 Å². The molecule has 2 aliphatic carbocycles. The number of hydrogen-bond donors (Lipinski definition) is 0. The Balaban J connectivity index is 1.75. The van der Waals surface area contributed by atoms with E-state index in [0.717, 1.165) is 49.1 Å². The van der Waals surface area contributed by atoms with Gasteiger partial charge in [-0.25, -0.2) is 0 Å². The van der Waals surface area contributed by atoms with Crippen molar-refractivity contribution >= 4 is 21.6 Å². The largest absolute Gasteiger partial charge is 0.481 e. The summed E-state index contributed by atoms with van der Waals surface area (Å²) >= 11 is 3.64. The quantitative estimate of drug-likeness (QED) is 0.507. The third-order valence-corrected chi connectivity index (χ3v) is 5.65. The number of aryl methyl sites for hydroxylation is 2. The molecule has 0 bridgehead atoms. The van der Waals surface area contributed by atoms with Gasteiger partial charge >= 0.3 is 0 Å². The third kappa shape index (κ3) is 2.44. The van der Waals surface area contributed by atoms with Crippen molar-refractivity contribution in [3.05, 3.63) is 58.9 Å². The summed E-state index contributed by atoms with van der Waals surface area (Å²) in [7, 11) is 0. The molecule has 1 spiro atoms. The maximum absolute atomic E-state index is 9.19. The van der Waals surface area contributed by atoms with Crippen LogP contribution in [-0.4, -0.2) is 16.1 Å². The lowest BCUT2D eigenvalue weighted by molar-refractivity contribution is 0.0724. The molecular weight excluding hydrogens is 352 g/mol. The van der Waals surface area contributed by atoms with Gasteiger partial charge in [-0.15, -0.1) is 0 Å². The Morgan fingerprint density at radius 3 is 2.57 bits per heavy atom. The molecule has 116 valence electrons.